The summed E-state index contributed by atoms with van der Waals surface area (Å²) in [5, 5.41) is 4.88. The van der Waals surface area contributed by atoms with Crippen molar-refractivity contribution in [3.63, 3.8) is 0 Å². The molecule has 2 fully saturated rings. The number of unbranched alkanes of at least 4 members (excludes halogenated alkanes) is 1. The molecule has 0 bridgehead atoms. The van der Waals surface area contributed by atoms with Gasteiger partial charge in [0.2, 0.25) is 5.91 Å². The van der Waals surface area contributed by atoms with Gasteiger partial charge in [-0.05, 0) is 70.4 Å². The number of carbonyl (C=O) groups is 2. The van der Waals surface area contributed by atoms with E-state index < -0.39 is 0 Å². The Morgan fingerprint density at radius 1 is 1.10 bits per heavy atom. The molecule has 1 aliphatic carbocycles. The van der Waals surface area contributed by atoms with Crippen molar-refractivity contribution < 1.29 is 14.3 Å². The van der Waals surface area contributed by atoms with Crippen LogP contribution in [0.15, 0.2) is 42.0 Å². The van der Waals surface area contributed by atoms with Gasteiger partial charge in [-0.15, -0.1) is 11.3 Å². The fraction of sp³-hybridized carbons (Fsp3) is 0.467. The molecule has 1 aromatic carbocycles. The summed E-state index contributed by atoms with van der Waals surface area (Å²) < 4.78 is 5.72. The van der Waals surface area contributed by atoms with Crippen LogP contribution >= 0.6 is 11.3 Å². The zero-order valence-corrected chi connectivity index (χ0v) is 23.8. The second-order valence-electron chi connectivity index (χ2n) is 10.5. The third-order valence-electron chi connectivity index (χ3n) is 7.51. The second kappa shape index (κ2) is 12.3. The molecule has 0 spiro atoms. The number of hydrogen-bond acceptors (Lipinski definition) is 7. The molecule has 1 aliphatic heterocycles. The van der Waals surface area contributed by atoms with E-state index in [1.165, 1.54) is 11.3 Å². The lowest BCUT2D eigenvalue weighted by molar-refractivity contribution is -0.116. The summed E-state index contributed by atoms with van der Waals surface area (Å²) >= 11 is 1.52. The first-order valence-corrected chi connectivity index (χ1v) is 14.7. The summed E-state index contributed by atoms with van der Waals surface area (Å²) in [4.78, 5) is 40.5. The number of aromatic nitrogens is 2. The van der Waals surface area contributed by atoms with E-state index in [4.69, 9.17) is 9.72 Å². The van der Waals surface area contributed by atoms with Gasteiger partial charge >= 0.3 is 0 Å². The monoisotopic (exact) mass is 547 g/mol. The normalized spacial score (nSPS) is 16.2. The first-order valence-electron chi connectivity index (χ1n) is 13.9. The summed E-state index contributed by atoms with van der Waals surface area (Å²) in [7, 11) is 3.75. The number of amides is 2. The molecule has 1 saturated heterocycles. The summed E-state index contributed by atoms with van der Waals surface area (Å²) in [6.07, 6.45) is 10.00. The van der Waals surface area contributed by atoms with E-state index in [1.807, 2.05) is 29.6 Å². The molecule has 9 heteroatoms. The van der Waals surface area contributed by atoms with Gasteiger partial charge in [0.25, 0.3) is 5.91 Å². The van der Waals surface area contributed by atoms with Gasteiger partial charge in [0.15, 0.2) is 0 Å². The average Bonchev–Trinajstić information content (AvgIpc) is 3.69. The van der Waals surface area contributed by atoms with Crippen LogP contribution in [0.5, 0.6) is 5.75 Å². The maximum absolute atomic E-state index is 13.8. The van der Waals surface area contributed by atoms with Gasteiger partial charge in [-0.3, -0.25) is 14.6 Å². The number of nitrogens with zero attached hydrogens (tertiary/aromatic N) is 4. The number of ether oxygens (including phenoxy) is 1. The van der Waals surface area contributed by atoms with Crippen molar-refractivity contribution in [2.45, 2.75) is 64.0 Å². The van der Waals surface area contributed by atoms with E-state index >= 15 is 0 Å². The highest BCUT2D eigenvalue weighted by Gasteiger charge is 2.39. The van der Waals surface area contributed by atoms with Gasteiger partial charge in [-0.2, -0.15) is 0 Å². The Morgan fingerprint density at radius 3 is 2.56 bits per heavy atom. The zero-order chi connectivity index (χ0) is 27.4. The molecule has 2 amide bonds. The molecule has 1 saturated carbocycles. The molecular formula is C30H37N5O3S. The van der Waals surface area contributed by atoms with E-state index in [1.54, 1.807) is 19.5 Å². The highest BCUT2D eigenvalue weighted by atomic mass is 32.1. The van der Waals surface area contributed by atoms with E-state index in [0.717, 1.165) is 73.4 Å². The van der Waals surface area contributed by atoms with Crippen LogP contribution in [0.3, 0.4) is 0 Å². The third kappa shape index (κ3) is 6.47. The number of likely N-dealkylation sites (tertiary alicyclic amines) is 1. The van der Waals surface area contributed by atoms with Crippen LogP contribution in [-0.4, -0.2) is 70.9 Å². The van der Waals surface area contributed by atoms with Crippen LogP contribution in [-0.2, 0) is 4.79 Å². The van der Waals surface area contributed by atoms with Gasteiger partial charge in [-0.25, -0.2) is 4.98 Å². The van der Waals surface area contributed by atoms with E-state index in [9.17, 15) is 9.59 Å². The van der Waals surface area contributed by atoms with Gasteiger partial charge in [0.05, 0.1) is 47.0 Å². The van der Waals surface area contributed by atoms with Gasteiger partial charge < -0.3 is 19.9 Å². The van der Waals surface area contributed by atoms with Gasteiger partial charge in [0.1, 0.15) is 5.75 Å². The smallest absolute Gasteiger partial charge is 0.258 e. The lowest BCUT2D eigenvalue weighted by atomic mass is 10.0. The first-order chi connectivity index (χ1) is 19.0. The molecule has 3 aromatic rings. The summed E-state index contributed by atoms with van der Waals surface area (Å²) in [6.45, 7) is 4.11. The van der Waals surface area contributed by atoms with Crippen molar-refractivity contribution in [1.82, 2.24) is 19.8 Å². The fourth-order valence-electron chi connectivity index (χ4n) is 5.14. The van der Waals surface area contributed by atoms with Crippen LogP contribution in [0, 0.1) is 0 Å². The predicted octanol–water partition coefficient (Wildman–Crippen LogP) is 5.71. The maximum atomic E-state index is 13.8. The lowest BCUT2D eigenvalue weighted by Crippen LogP contribution is -2.47. The Balaban J connectivity index is 1.35. The molecule has 39 heavy (non-hydrogen) atoms. The Labute approximate surface area is 234 Å². The van der Waals surface area contributed by atoms with Crippen molar-refractivity contribution in [1.29, 1.82) is 0 Å². The third-order valence-corrected chi connectivity index (χ3v) is 8.46. The quantitative estimate of drug-likeness (QED) is 0.350. The molecular weight excluding hydrogens is 510 g/mol. The second-order valence-corrected chi connectivity index (χ2v) is 11.4. The van der Waals surface area contributed by atoms with Crippen molar-refractivity contribution in [3.05, 3.63) is 47.6 Å². The standard InChI is InChI=1S/C30H37N5O3S/c1-4-5-6-29(36)32-21-16-28(39-19-21)26-18-31-17-25(33-26)20-7-10-24(27(15-20)38-3)30(37)35(22-8-9-22)23-11-13-34(2)14-12-23/h7,10,15-19,22-23H,4-6,8-9,11-14H2,1-3H3,(H,32,36). The van der Waals surface area contributed by atoms with Crippen molar-refractivity contribution in [2.75, 3.05) is 32.6 Å². The first kappa shape index (κ1) is 27.3. The number of thiophene rings is 1. The molecule has 8 nitrogen and oxygen atoms in total. The summed E-state index contributed by atoms with van der Waals surface area (Å²) in [6, 6.07) is 8.22. The Bertz CT molecular complexity index is 1310. The number of nitrogens with one attached hydrogen (secondary N) is 1. The average molecular weight is 548 g/mol. The minimum atomic E-state index is 0.0267. The number of methoxy groups -OCH3 is 1. The lowest BCUT2D eigenvalue weighted by Gasteiger charge is -2.37. The zero-order valence-electron chi connectivity index (χ0n) is 23.0. The number of hydrogen-bond donors (Lipinski definition) is 1. The number of benzene rings is 1. The topological polar surface area (TPSA) is 87.7 Å². The molecule has 0 radical (unpaired) electrons. The molecule has 3 heterocycles. The molecule has 0 unspecified atom stereocenters. The van der Waals surface area contributed by atoms with E-state index in [0.29, 0.717) is 29.5 Å². The van der Waals surface area contributed by atoms with Crippen molar-refractivity contribution in [3.8, 4) is 27.6 Å². The summed E-state index contributed by atoms with van der Waals surface area (Å²) in [5.74, 6) is 0.637. The SMILES string of the molecule is CCCCC(=O)Nc1csc(-c2cncc(-c3ccc(C(=O)N(C4CC4)C4CCN(C)CC4)c(OC)c3)n2)c1. The van der Waals surface area contributed by atoms with Crippen LogP contribution in [0.4, 0.5) is 5.69 Å². The number of rotatable bonds is 10. The molecule has 2 aromatic heterocycles. The van der Waals surface area contributed by atoms with Crippen LogP contribution in [0.1, 0.15) is 62.2 Å². The van der Waals surface area contributed by atoms with E-state index in [2.05, 4.69) is 34.1 Å². The van der Waals surface area contributed by atoms with Crippen molar-refractivity contribution >= 4 is 28.8 Å². The number of anilines is 1. The fourth-order valence-corrected chi connectivity index (χ4v) is 5.94. The molecule has 0 atom stereocenters. The van der Waals surface area contributed by atoms with Gasteiger partial charge in [-0.1, -0.05) is 19.4 Å². The minimum Gasteiger partial charge on any atom is -0.496 e. The van der Waals surface area contributed by atoms with Crippen molar-refractivity contribution in [2.24, 2.45) is 0 Å². The number of carbonyl (C=O) groups excluding carboxylic acids is 2. The van der Waals surface area contributed by atoms with Crippen LogP contribution in [0.2, 0.25) is 0 Å². The number of piperidine rings is 1. The predicted molar refractivity (Wildman–Crippen MR) is 155 cm³/mol. The van der Waals surface area contributed by atoms with Crippen LogP contribution < -0.4 is 10.1 Å². The Kier molecular flexibility index (Phi) is 8.57. The molecule has 206 valence electrons. The Morgan fingerprint density at radius 2 is 1.85 bits per heavy atom. The highest BCUT2D eigenvalue weighted by Crippen LogP contribution is 2.36. The molecule has 5 rings (SSSR count). The minimum absolute atomic E-state index is 0.0267. The maximum Gasteiger partial charge on any atom is 0.258 e. The largest absolute Gasteiger partial charge is 0.496 e. The molecule has 2 aliphatic rings. The van der Waals surface area contributed by atoms with E-state index in [-0.39, 0.29) is 17.9 Å². The van der Waals surface area contributed by atoms with Crippen LogP contribution in [0.25, 0.3) is 21.8 Å². The molecule has 1 N–H and O–H groups in total. The highest BCUT2D eigenvalue weighted by molar-refractivity contribution is 7.14. The van der Waals surface area contributed by atoms with Gasteiger partial charge in [0, 0.05) is 29.4 Å². The summed E-state index contributed by atoms with van der Waals surface area (Å²) in [5.41, 5.74) is 3.63. The Hall–Kier alpha value is -3.30.